The highest BCUT2D eigenvalue weighted by molar-refractivity contribution is 5.81. The van der Waals surface area contributed by atoms with E-state index in [1.807, 2.05) is 25.4 Å². The molecule has 1 aliphatic rings. The Bertz CT molecular complexity index is 794. The molecular formula is C15H14N4O. The Kier molecular flexibility index (Phi) is 2.47. The number of rotatable bonds is 2. The molecule has 0 saturated heterocycles. The fourth-order valence-corrected chi connectivity index (χ4v) is 2.59. The maximum atomic E-state index is 5.94. The van der Waals surface area contributed by atoms with Crippen molar-refractivity contribution in [2.24, 2.45) is 7.05 Å². The summed E-state index contributed by atoms with van der Waals surface area (Å²) in [6, 6.07) is 8.14. The molecule has 100 valence electrons. The van der Waals surface area contributed by atoms with Gasteiger partial charge in [-0.05, 0) is 24.3 Å². The molecule has 0 spiro atoms. The smallest absolute Gasteiger partial charge is 0.227 e. The third kappa shape index (κ3) is 1.75. The SMILES string of the molecule is Cn1ccc2cc(Oc3ncnc4c3CNC4)ccc21. The van der Waals surface area contributed by atoms with Crippen LogP contribution in [0.5, 0.6) is 11.6 Å². The molecule has 0 atom stereocenters. The van der Waals surface area contributed by atoms with Crippen molar-refractivity contribution in [3.8, 4) is 11.6 Å². The maximum Gasteiger partial charge on any atom is 0.227 e. The molecule has 5 nitrogen and oxygen atoms in total. The van der Waals surface area contributed by atoms with Gasteiger partial charge in [-0.15, -0.1) is 0 Å². The Balaban J connectivity index is 1.72. The van der Waals surface area contributed by atoms with Crippen molar-refractivity contribution in [1.82, 2.24) is 19.9 Å². The summed E-state index contributed by atoms with van der Waals surface area (Å²) in [4.78, 5) is 8.51. The topological polar surface area (TPSA) is 52.0 Å². The number of benzene rings is 1. The summed E-state index contributed by atoms with van der Waals surface area (Å²) in [5, 5.41) is 4.42. The normalized spacial score (nSPS) is 13.7. The summed E-state index contributed by atoms with van der Waals surface area (Å²) in [6.07, 6.45) is 3.60. The molecule has 5 heteroatoms. The lowest BCUT2D eigenvalue weighted by atomic mass is 10.2. The summed E-state index contributed by atoms with van der Waals surface area (Å²) in [6.45, 7) is 1.55. The fourth-order valence-electron chi connectivity index (χ4n) is 2.59. The van der Waals surface area contributed by atoms with E-state index in [1.54, 1.807) is 6.33 Å². The Labute approximate surface area is 116 Å². The minimum atomic E-state index is 0.648. The zero-order valence-corrected chi connectivity index (χ0v) is 11.1. The number of aromatic nitrogens is 3. The first-order valence-electron chi connectivity index (χ1n) is 6.58. The lowest BCUT2D eigenvalue weighted by Gasteiger charge is -2.08. The third-order valence-corrected chi connectivity index (χ3v) is 3.66. The van der Waals surface area contributed by atoms with Crippen molar-refractivity contribution in [2.45, 2.75) is 13.1 Å². The zero-order chi connectivity index (χ0) is 13.5. The Morgan fingerprint density at radius 3 is 3.10 bits per heavy atom. The average Bonchev–Trinajstić information content (AvgIpc) is 3.07. The molecule has 0 saturated carbocycles. The molecule has 4 rings (SSSR count). The van der Waals surface area contributed by atoms with Crippen LogP contribution < -0.4 is 10.1 Å². The van der Waals surface area contributed by atoms with Gasteiger partial charge in [-0.25, -0.2) is 9.97 Å². The Hall–Kier alpha value is -2.40. The van der Waals surface area contributed by atoms with Crippen molar-refractivity contribution < 1.29 is 4.74 Å². The molecule has 0 amide bonds. The van der Waals surface area contributed by atoms with Gasteiger partial charge in [0.25, 0.3) is 0 Å². The molecule has 3 heterocycles. The maximum absolute atomic E-state index is 5.94. The predicted molar refractivity (Wildman–Crippen MR) is 75.6 cm³/mol. The standard InChI is InChI=1S/C15H14N4O/c1-19-5-4-10-6-11(2-3-14(10)19)20-15-12-7-16-8-13(12)17-9-18-15/h2-6,9,16H,7-8H2,1H3. The summed E-state index contributed by atoms with van der Waals surface area (Å²) in [5.41, 5.74) is 3.27. The Morgan fingerprint density at radius 1 is 1.20 bits per heavy atom. The van der Waals surface area contributed by atoms with E-state index in [9.17, 15) is 0 Å². The Morgan fingerprint density at radius 2 is 2.15 bits per heavy atom. The number of nitrogens with one attached hydrogen (secondary N) is 1. The number of aryl methyl sites for hydroxylation is 1. The second-order valence-electron chi connectivity index (χ2n) is 4.96. The first-order chi connectivity index (χ1) is 9.81. The second-order valence-corrected chi connectivity index (χ2v) is 4.96. The van der Waals surface area contributed by atoms with Gasteiger partial charge in [0.1, 0.15) is 12.1 Å². The van der Waals surface area contributed by atoms with Crippen molar-refractivity contribution in [1.29, 1.82) is 0 Å². The van der Waals surface area contributed by atoms with Crippen LogP contribution in [0.1, 0.15) is 11.3 Å². The average molecular weight is 266 g/mol. The summed E-state index contributed by atoms with van der Waals surface area (Å²) >= 11 is 0. The van der Waals surface area contributed by atoms with Gasteiger partial charge >= 0.3 is 0 Å². The van der Waals surface area contributed by atoms with Gasteiger partial charge in [0.05, 0.1) is 11.3 Å². The molecule has 1 N–H and O–H groups in total. The van der Waals surface area contributed by atoms with Crippen LogP contribution in [0.15, 0.2) is 36.8 Å². The monoisotopic (exact) mass is 266 g/mol. The van der Waals surface area contributed by atoms with Gasteiger partial charge in [-0.1, -0.05) is 0 Å². The molecule has 0 radical (unpaired) electrons. The second kappa shape index (κ2) is 4.31. The van der Waals surface area contributed by atoms with Crippen LogP contribution in [-0.2, 0) is 20.1 Å². The number of hydrogen-bond donors (Lipinski definition) is 1. The fraction of sp³-hybridized carbons (Fsp3) is 0.200. The molecule has 0 unspecified atom stereocenters. The van der Waals surface area contributed by atoms with Crippen molar-refractivity contribution >= 4 is 10.9 Å². The van der Waals surface area contributed by atoms with Crippen molar-refractivity contribution in [3.63, 3.8) is 0 Å². The largest absolute Gasteiger partial charge is 0.439 e. The van der Waals surface area contributed by atoms with Crippen molar-refractivity contribution in [3.05, 3.63) is 48.0 Å². The summed E-state index contributed by atoms with van der Waals surface area (Å²) in [5.74, 6) is 1.45. The molecule has 1 aromatic carbocycles. The minimum absolute atomic E-state index is 0.648. The molecule has 3 aromatic rings. The molecule has 0 fully saturated rings. The van der Waals surface area contributed by atoms with Gasteiger partial charge in [-0.2, -0.15) is 0 Å². The van der Waals surface area contributed by atoms with E-state index in [1.165, 1.54) is 5.52 Å². The van der Waals surface area contributed by atoms with Crippen LogP contribution in [0.3, 0.4) is 0 Å². The van der Waals surface area contributed by atoms with E-state index in [4.69, 9.17) is 4.74 Å². The van der Waals surface area contributed by atoms with E-state index in [0.29, 0.717) is 5.88 Å². The van der Waals surface area contributed by atoms with Crippen LogP contribution in [0, 0.1) is 0 Å². The van der Waals surface area contributed by atoms with Gasteiger partial charge in [0, 0.05) is 37.2 Å². The summed E-state index contributed by atoms with van der Waals surface area (Å²) in [7, 11) is 2.03. The predicted octanol–water partition coefficient (Wildman–Crippen LogP) is 2.36. The highest BCUT2D eigenvalue weighted by Gasteiger charge is 2.18. The number of fused-ring (bicyclic) bond motifs is 2. The van der Waals surface area contributed by atoms with Gasteiger partial charge in [-0.3, -0.25) is 0 Å². The van der Waals surface area contributed by atoms with Crippen LogP contribution in [-0.4, -0.2) is 14.5 Å². The number of ether oxygens (including phenoxy) is 1. The first kappa shape index (κ1) is 11.4. The molecule has 2 aromatic heterocycles. The number of nitrogens with zero attached hydrogens (tertiary/aromatic N) is 3. The van der Waals surface area contributed by atoms with Crippen LogP contribution >= 0.6 is 0 Å². The lowest BCUT2D eigenvalue weighted by Crippen LogP contribution is -2.00. The van der Waals surface area contributed by atoms with E-state index in [2.05, 4.69) is 32.0 Å². The highest BCUT2D eigenvalue weighted by Crippen LogP contribution is 2.29. The first-order valence-corrected chi connectivity index (χ1v) is 6.58. The van der Waals surface area contributed by atoms with E-state index in [-0.39, 0.29) is 0 Å². The lowest BCUT2D eigenvalue weighted by molar-refractivity contribution is 0.455. The molecule has 20 heavy (non-hydrogen) atoms. The van der Waals surface area contributed by atoms with Crippen LogP contribution in [0.2, 0.25) is 0 Å². The molecule has 0 bridgehead atoms. The highest BCUT2D eigenvalue weighted by atomic mass is 16.5. The summed E-state index contributed by atoms with van der Waals surface area (Å²) < 4.78 is 8.03. The quantitative estimate of drug-likeness (QED) is 0.773. The third-order valence-electron chi connectivity index (χ3n) is 3.66. The zero-order valence-electron chi connectivity index (χ0n) is 11.1. The van der Waals surface area contributed by atoms with Crippen molar-refractivity contribution in [2.75, 3.05) is 0 Å². The molecule has 0 aliphatic carbocycles. The van der Waals surface area contributed by atoms with E-state index >= 15 is 0 Å². The minimum Gasteiger partial charge on any atom is -0.439 e. The number of hydrogen-bond acceptors (Lipinski definition) is 4. The van der Waals surface area contributed by atoms with Gasteiger partial charge in [0.2, 0.25) is 5.88 Å². The molecular weight excluding hydrogens is 252 g/mol. The van der Waals surface area contributed by atoms with Gasteiger partial charge in [0.15, 0.2) is 0 Å². The van der Waals surface area contributed by atoms with E-state index < -0.39 is 0 Å². The van der Waals surface area contributed by atoms with Crippen LogP contribution in [0.4, 0.5) is 0 Å². The van der Waals surface area contributed by atoms with Crippen LogP contribution in [0.25, 0.3) is 10.9 Å². The molecule has 1 aliphatic heterocycles. The van der Waals surface area contributed by atoms with E-state index in [0.717, 1.165) is 35.5 Å². The van der Waals surface area contributed by atoms with Gasteiger partial charge < -0.3 is 14.6 Å².